The Bertz CT molecular complexity index is 1170. The Morgan fingerprint density at radius 3 is 2.63 bits per heavy atom. The van der Waals surface area contributed by atoms with Gasteiger partial charge in [0, 0.05) is 11.9 Å². The minimum atomic E-state index is -0.270. The summed E-state index contributed by atoms with van der Waals surface area (Å²) in [6, 6.07) is 17.3. The van der Waals surface area contributed by atoms with Crippen LogP contribution in [0.4, 0.5) is 4.39 Å². The summed E-state index contributed by atoms with van der Waals surface area (Å²) in [5.41, 5.74) is 2.45. The van der Waals surface area contributed by atoms with E-state index in [0.29, 0.717) is 27.6 Å². The molecule has 0 aliphatic rings. The van der Waals surface area contributed by atoms with Gasteiger partial charge in [-0.1, -0.05) is 36.0 Å². The Labute approximate surface area is 159 Å². The molecule has 0 radical (unpaired) electrons. The molecule has 2 heterocycles. The summed E-state index contributed by atoms with van der Waals surface area (Å²) in [6.45, 7) is 1.95. The topological polar surface area (TPSA) is 47.8 Å². The molecule has 0 N–H and O–H groups in total. The van der Waals surface area contributed by atoms with Gasteiger partial charge >= 0.3 is 0 Å². The lowest BCUT2D eigenvalue weighted by Crippen LogP contribution is -2.22. The number of hydrogen-bond acceptors (Lipinski definition) is 4. The fourth-order valence-electron chi connectivity index (χ4n) is 2.78. The van der Waals surface area contributed by atoms with E-state index in [9.17, 15) is 9.18 Å². The number of halogens is 1. The number of hydrogen-bond donors (Lipinski definition) is 0. The molecule has 4 aromatic rings. The van der Waals surface area contributed by atoms with Crippen LogP contribution in [-0.4, -0.2) is 14.5 Å². The molecule has 0 fully saturated rings. The molecular formula is C21H16FN3OS. The minimum Gasteiger partial charge on any atom is -0.268 e. The summed E-state index contributed by atoms with van der Waals surface area (Å²) >= 11 is 1.43. The minimum absolute atomic E-state index is 0.152. The monoisotopic (exact) mass is 377 g/mol. The molecule has 4 rings (SSSR count). The Balaban J connectivity index is 1.83. The van der Waals surface area contributed by atoms with E-state index in [1.807, 2.05) is 37.3 Å². The van der Waals surface area contributed by atoms with E-state index in [1.54, 1.807) is 29.0 Å². The standard InChI is InChI=1S/C21H16FN3OS/c1-14-10-11-23-19(12-14)25-20(26)17-4-2-3-5-18(17)24-21(25)27-13-15-6-8-16(22)9-7-15/h2-12H,13H2,1H3. The molecule has 2 aromatic carbocycles. The van der Waals surface area contributed by atoms with Crippen LogP contribution in [0, 0.1) is 12.7 Å². The molecule has 0 saturated carbocycles. The lowest BCUT2D eigenvalue weighted by Gasteiger charge is -2.13. The second kappa shape index (κ2) is 7.32. The molecule has 2 aromatic heterocycles. The largest absolute Gasteiger partial charge is 0.268 e. The number of fused-ring (bicyclic) bond motifs is 1. The van der Waals surface area contributed by atoms with Gasteiger partial charge in [-0.05, 0) is 54.4 Å². The highest BCUT2D eigenvalue weighted by Crippen LogP contribution is 2.24. The smallest absolute Gasteiger partial charge is 0.267 e. The Kier molecular flexibility index (Phi) is 4.73. The SMILES string of the molecule is Cc1ccnc(-n2c(SCc3ccc(F)cc3)nc3ccccc3c2=O)c1. The fourth-order valence-corrected chi connectivity index (χ4v) is 3.74. The van der Waals surface area contributed by atoms with E-state index in [0.717, 1.165) is 11.1 Å². The van der Waals surface area contributed by atoms with Crippen molar-refractivity contribution in [2.45, 2.75) is 17.8 Å². The number of aryl methyl sites for hydroxylation is 1. The van der Waals surface area contributed by atoms with Gasteiger partial charge in [0.15, 0.2) is 5.16 Å². The third-order valence-corrected chi connectivity index (χ3v) is 5.17. The van der Waals surface area contributed by atoms with E-state index in [2.05, 4.69) is 9.97 Å². The molecule has 27 heavy (non-hydrogen) atoms. The molecule has 6 heteroatoms. The molecule has 0 unspecified atom stereocenters. The van der Waals surface area contributed by atoms with Crippen molar-refractivity contribution in [1.29, 1.82) is 0 Å². The molecule has 0 saturated heterocycles. The third kappa shape index (κ3) is 3.61. The van der Waals surface area contributed by atoms with Crippen molar-refractivity contribution in [3.63, 3.8) is 0 Å². The normalized spacial score (nSPS) is 11.0. The van der Waals surface area contributed by atoms with Crippen molar-refractivity contribution in [2.24, 2.45) is 0 Å². The molecule has 0 bridgehead atoms. The quantitative estimate of drug-likeness (QED) is 0.387. The van der Waals surface area contributed by atoms with Crippen molar-refractivity contribution in [2.75, 3.05) is 0 Å². The van der Waals surface area contributed by atoms with Gasteiger partial charge in [0.1, 0.15) is 11.6 Å². The lowest BCUT2D eigenvalue weighted by atomic mass is 10.2. The second-order valence-electron chi connectivity index (χ2n) is 6.16. The molecule has 0 atom stereocenters. The molecule has 0 aliphatic carbocycles. The van der Waals surface area contributed by atoms with Gasteiger partial charge in [0.05, 0.1) is 10.9 Å². The van der Waals surface area contributed by atoms with Gasteiger partial charge in [0.25, 0.3) is 5.56 Å². The first-order chi connectivity index (χ1) is 13.1. The highest BCUT2D eigenvalue weighted by atomic mass is 32.2. The highest BCUT2D eigenvalue weighted by molar-refractivity contribution is 7.98. The van der Waals surface area contributed by atoms with Crippen LogP contribution in [0.25, 0.3) is 16.7 Å². The van der Waals surface area contributed by atoms with Gasteiger partial charge in [0.2, 0.25) is 0 Å². The number of benzene rings is 2. The summed E-state index contributed by atoms with van der Waals surface area (Å²) in [5, 5.41) is 1.10. The van der Waals surface area contributed by atoms with E-state index < -0.39 is 0 Å². The first kappa shape index (κ1) is 17.4. The first-order valence-corrected chi connectivity index (χ1v) is 9.42. The average molecular weight is 377 g/mol. The van der Waals surface area contributed by atoms with Crippen molar-refractivity contribution in [3.05, 3.63) is 94.2 Å². The number of aromatic nitrogens is 3. The summed E-state index contributed by atoms with van der Waals surface area (Å²) in [6.07, 6.45) is 1.68. The molecular weight excluding hydrogens is 361 g/mol. The van der Waals surface area contributed by atoms with Crippen molar-refractivity contribution in [3.8, 4) is 5.82 Å². The van der Waals surface area contributed by atoms with Crippen LogP contribution in [-0.2, 0) is 5.75 Å². The zero-order valence-corrected chi connectivity index (χ0v) is 15.4. The van der Waals surface area contributed by atoms with Crippen LogP contribution in [0.1, 0.15) is 11.1 Å². The predicted molar refractivity (Wildman–Crippen MR) is 106 cm³/mol. The van der Waals surface area contributed by atoms with Crippen LogP contribution in [0.15, 0.2) is 76.8 Å². The van der Waals surface area contributed by atoms with Crippen LogP contribution < -0.4 is 5.56 Å². The van der Waals surface area contributed by atoms with E-state index in [1.165, 1.54) is 23.9 Å². The summed E-state index contributed by atoms with van der Waals surface area (Å²) < 4.78 is 14.7. The number of thioether (sulfide) groups is 1. The molecule has 0 amide bonds. The lowest BCUT2D eigenvalue weighted by molar-refractivity contribution is 0.627. The van der Waals surface area contributed by atoms with Gasteiger partial charge in [-0.25, -0.2) is 18.9 Å². The Hall–Kier alpha value is -2.99. The van der Waals surface area contributed by atoms with Crippen LogP contribution >= 0.6 is 11.8 Å². The van der Waals surface area contributed by atoms with Crippen molar-refractivity contribution >= 4 is 22.7 Å². The van der Waals surface area contributed by atoms with Crippen molar-refractivity contribution in [1.82, 2.24) is 14.5 Å². The van der Waals surface area contributed by atoms with E-state index >= 15 is 0 Å². The van der Waals surface area contributed by atoms with Crippen LogP contribution in [0.3, 0.4) is 0 Å². The molecule has 4 nitrogen and oxygen atoms in total. The maximum absolute atomic E-state index is 13.1. The van der Waals surface area contributed by atoms with Gasteiger partial charge in [-0.3, -0.25) is 4.79 Å². The van der Waals surface area contributed by atoms with Crippen LogP contribution in [0.5, 0.6) is 0 Å². The average Bonchev–Trinajstić information content (AvgIpc) is 2.68. The number of pyridine rings is 1. The maximum Gasteiger partial charge on any atom is 0.267 e. The zero-order valence-electron chi connectivity index (χ0n) is 14.6. The number of para-hydroxylation sites is 1. The number of rotatable bonds is 4. The third-order valence-electron chi connectivity index (χ3n) is 4.16. The van der Waals surface area contributed by atoms with E-state index in [-0.39, 0.29) is 11.4 Å². The summed E-state index contributed by atoms with van der Waals surface area (Å²) in [7, 11) is 0. The second-order valence-corrected chi connectivity index (χ2v) is 7.10. The highest BCUT2D eigenvalue weighted by Gasteiger charge is 2.14. The Morgan fingerprint density at radius 2 is 1.85 bits per heavy atom. The van der Waals surface area contributed by atoms with Crippen LogP contribution in [0.2, 0.25) is 0 Å². The zero-order chi connectivity index (χ0) is 18.8. The molecule has 0 aliphatic heterocycles. The summed E-state index contributed by atoms with van der Waals surface area (Å²) in [4.78, 5) is 22.2. The Morgan fingerprint density at radius 1 is 1.07 bits per heavy atom. The van der Waals surface area contributed by atoms with Gasteiger partial charge in [-0.15, -0.1) is 0 Å². The molecule has 134 valence electrons. The fraction of sp³-hybridized carbons (Fsp3) is 0.0952. The van der Waals surface area contributed by atoms with E-state index in [4.69, 9.17) is 0 Å². The van der Waals surface area contributed by atoms with Crippen molar-refractivity contribution < 1.29 is 4.39 Å². The summed E-state index contributed by atoms with van der Waals surface area (Å²) in [5.74, 6) is 0.838. The van der Waals surface area contributed by atoms with Gasteiger partial charge < -0.3 is 0 Å². The molecule has 0 spiro atoms. The maximum atomic E-state index is 13.1. The predicted octanol–water partition coefficient (Wildman–Crippen LogP) is 4.52. The number of nitrogens with zero attached hydrogens (tertiary/aromatic N) is 3. The first-order valence-electron chi connectivity index (χ1n) is 8.44. The van der Waals surface area contributed by atoms with Gasteiger partial charge in [-0.2, -0.15) is 0 Å².